The van der Waals surface area contributed by atoms with E-state index in [2.05, 4.69) is 4.74 Å². The van der Waals surface area contributed by atoms with Crippen molar-refractivity contribution in [3.63, 3.8) is 0 Å². The van der Waals surface area contributed by atoms with Gasteiger partial charge in [0.1, 0.15) is 6.61 Å². The Morgan fingerprint density at radius 1 is 1.14 bits per heavy atom. The second kappa shape index (κ2) is 7.31. The van der Waals surface area contributed by atoms with Gasteiger partial charge in [-0.05, 0) is 24.6 Å². The van der Waals surface area contributed by atoms with E-state index in [1.165, 1.54) is 20.3 Å². The molecule has 0 saturated heterocycles. The molecule has 1 aromatic carbocycles. The summed E-state index contributed by atoms with van der Waals surface area (Å²) in [5, 5.41) is 0. The molecule has 0 saturated carbocycles. The fraction of sp³-hybridized carbons (Fsp3) is 0.500. The van der Waals surface area contributed by atoms with Gasteiger partial charge in [-0.15, -0.1) is 0 Å². The Labute approximate surface area is 120 Å². The van der Waals surface area contributed by atoms with Crippen molar-refractivity contribution in [3.8, 4) is 11.5 Å². The smallest absolute Gasteiger partial charge is 0.411 e. The van der Waals surface area contributed by atoms with Crippen molar-refractivity contribution in [2.75, 3.05) is 27.4 Å². The lowest BCUT2D eigenvalue weighted by Gasteiger charge is -2.12. The Bertz CT molecular complexity index is 498. The molecule has 0 aliphatic rings. The number of alkyl halides is 3. The van der Waals surface area contributed by atoms with Crippen LogP contribution in [-0.2, 0) is 4.74 Å². The quantitative estimate of drug-likeness (QED) is 0.573. The molecule has 7 heteroatoms. The summed E-state index contributed by atoms with van der Waals surface area (Å²) in [5.41, 5.74) is 1.04. The molecule has 0 atom stereocenters. The van der Waals surface area contributed by atoms with Gasteiger partial charge >= 0.3 is 6.18 Å². The highest BCUT2D eigenvalue weighted by molar-refractivity contribution is 5.98. The summed E-state index contributed by atoms with van der Waals surface area (Å²) < 4.78 is 50.4. The summed E-state index contributed by atoms with van der Waals surface area (Å²) in [7, 11) is 2.91. The number of halogens is 3. The zero-order chi connectivity index (χ0) is 16.0. The molecule has 0 amide bonds. The number of ketones is 1. The third-order valence-corrected chi connectivity index (χ3v) is 2.77. The third-order valence-electron chi connectivity index (χ3n) is 2.77. The number of ether oxygens (including phenoxy) is 3. The molecule has 1 aromatic rings. The monoisotopic (exact) mass is 306 g/mol. The molecule has 1 rings (SSSR count). The minimum Gasteiger partial charge on any atom is -0.493 e. The maximum Gasteiger partial charge on any atom is 0.411 e. The number of hydrogen-bond acceptors (Lipinski definition) is 4. The van der Waals surface area contributed by atoms with Gasteiger partial charge in [0.15, 0.2) is 17.3 Å². The Hall–Kier alpha value is -1.76. The number of aryl methyl sites for hydroxylation is 1. The predicted octanol–water partition coefficient (Wildman–Crippen LogP) is 3.16. The molecule has 0 aliphatic heterocycles. The van der Waals surface area contributed by atoms with E-state index in [1.807, 2.05) is 0 Å². The number of benzene rings is 1. The second-order valence-electron chi connectivity index (χ2n) is 4.36. The fourth-order valence-electron chi connectivity index (χ4n) is 1.77. The minimum atomic E-state index is -4.39. The molecule has 0 N–H and O–H groups in total. The number of Topliss-reactive ketones (excluding diaryl/α,β-unsaturated/α-hetero) is 1. The molecule has 0 radical (unpaired) electrons. The van der Waals surface area contributed by atoms with Gasteiger partial charge in [-0.25, -0.2) is 0 Å². The lowest BCUT2D eigenvalue weighted by atomic mass is 10.0. The van der Waals surface area contributed by atoms with Crippen LogP contribution in [0.3, 0.4) is 0 Å². The molecule has 0 heterocycles. The van der Waals surface area contributed by atoms with E-state index in [0.717, 1.165) is 0 Å². The number of rotatable bonds is 7. The van der Waals surface area contributed by atoms with E-state index in [0.29, 0.717) is 22.6 Å². The highest BCUT2D eigenvalue weighted by Gasteiger charge is 2.27. The van der Waals surface area contributed by atoms with Crippen LogP contribution in [0.15, 0.2) is 12.1 Å². The first-order valence-electron chi connectivity index (χ1n) is 6.18. The van der Waals surface area contributed by atoms with Crippen LogP contribution in [0.5, 0.6) is 11.5 Å². The van der Waals surface area contributed by atoms with Crippen molar-refractivity contribution >= 4 is 5.78 Å². The lowest BCUT2D eigenvalue weighted by Crippen LogP contribution is -2.18. The molecule has 0 bridgehead atoms. The zero-order valence-electron chi connectivity index (χ0n) is 12.0. The van der Waals surface area contributed by atoms with Crippen molar-refractivity contribution < 1.29 is 32.2 Å². The summed E-state index contributed by atoms with van der Waals surface area (Å²) in [5.74, 6) is 0.568. The van der Waals surface area contributed by atoms with E-state index in [-0.39, 0.29) is 18.8 Å². The van der Waals surface area contributed by atoms with Crippen LogP contribution in [0.4, 0.5) is 13.2 Å². The van der Waals surface area contributed by atoms with Crippen molar-refractivity contribution in [2.45, 2.75) is 19.5 Å². The molecular formula is C14H17F3O4. The van der Waals surface area contributed by atoms with Crippen molar-refractivity contribution in [3.05, 3.63) is 23.3 Å². The molecular weight excluding hydrogens is 289 g/mol. The highest BCUT2D eigenvalue weighted by atomic mass is 19.4. The van der Waals surface area contributed by atoms with Crippen LogP contribution in [0.25, 0.3) is 0 Å². The van der Waals surface area contributed by atoms with Crippen molar-refractivity contribution in [1.82, 2.24) is 0 Å². The van der Waals surface area contributed by atoms with Gasteiger partial charge in [0.05, 0.1) is 20.8 Å². The lowest BCUT2D eigenvalue weighted by molar-refractivity contribution is -0.173. The van der Waals surface area contributed by atoms with Gasteiger partial charge in [-0.2, -0.15) is 13.2 Å². The van der Waals surface area contributed by atoms with Gasteiger partial charge in [0.25, 0.3) is 0 Å². The van der Waals surface area contributed by atoms with Crippen LogP contribution in [0.1, 0.15) is 22.3 Å². The highest BCUT2D eigenvalue weighted by Crippen LogP contribution is 2.30. The summed E-state index contributed by atoms with van der Waals surface area (Å²) >= 11 is 0. The second-order valence-corrected chi connectivity index (χ2v) is 4.36. The molecule has 21 heavy (non-hydrogen) atoms. The predicted molar refractivity (Wildman–Crippen MR) is 70.1 cm³/mol. The van der Waals surface area contributed by atoms with Gasteiger partial charge in [0, 0.05) is 12.0 Å². The molecule has 0 aromatic heterocycles. The Morgan fingerprint density at radius 2 is 1.71 bits per heavy atom. The molecule has 0 fully saturated rings. The molecule has 4 nitrogen and oxygen atoms in total. The first kappa shape index (κ1) is 17.3. The average Bonchev–Trinajstić information content (AvgIpc) is 2.41. The van der Waals surface area contributed by atoms with Gasteiger partial charge in [-0.1, -0.05) is 0 Å². The van der Waals surface area contributed by atoms with Crippen LogP contribution < -0.4 is 9.47 Å². The summed E-state index contributed by atoms with van der Waals surface area (Å²) in [6, 6.07) is 3.16. The fourth-order valence-corrected chi connectivity index (χ4v) is 1.77. The zero-order valence-corrected chi connectivity index (χ0v) is 12.0. The Morgan fingerprint density at radius 3 is 2.24 bits per heavy atom. The average molecular weight is 306 g/mol. The molecule has 0 spiro atoms. The largest absolute Gasteiger partial charge is 0.493 e. The summed E-state index contributed by atoms with van der Waals surface area (Å²) in [6.45, 7) is 0.0725. The first-order chi connectivity index (χ1) is 9.78. The number of carbonyl (C=O) groups is 1. The van der Waals surface area contributed by atoms with E-state index >= 15 is 0 Å². The van der Waals surface area contributed by atoms with Crippen LogP contribution in [0, 0.1) is 6.92 Å². The van der Waals surface area contributed by atoms with E-state index in [1.54, 1.807) is 13.0 Å². The SMILES string of the molecule is COc1cc(C)c(C(=O)CCOCC(F)(F)F)cc1OC. The maximum atomic E-state index is 12.0. The molecule has 118 valence electrons. The van der Waals surface area contributed by atoms with E-state index in [4.69, 9.17) is 9.47 Å². The number of carbonyl (C=O) groups excluding carboxylic acids is 1. The normalized spacial score (nSPS) is 11.3. The summed E-state index contributed by atoms with van der Waals surface area (Å²) in [6.07, 6.45) is -4.52. The Balaban J connectivity index is 2.70. The topological polar surface area (TPSA) is 44.8 Å². The third kappa shape index (κ3) is 5.26. The molecule has 0 aliphatic carbocycles. The van der Waals surface area contributed by atoms with Crippen molar-refractivity contribution in [2.24, 2.45) is 0 Å². The Kier molecular flexibility index (Phi) is 6.02. The van der Waals surface area contributed by atoms with Crippen LogP contribution >= 0.6 is 0 Å². The number of hydrogen-bond donors (Lipinski definition) is 0. The minimum absolute atomic E-state index is 0.133. The van der Waals surface area contributed by atoms with Gasteiger partial charge in [-0.3, -0.25) is 4.79 Å². The maximum absolute atomic E-state index is 12.0. The standard InChI is InChI=1S/C14H17F3O4/c1-9-6-12(19-2)13(20-3)7-10(9)11(18)4-5-21-8-14(15,16)17/h6-7H,4-5,8H2,1-3H3. The van der Waals surface area contributed by atoms with Gasteiger partial charge in [0.2, 0.25) is 0 Å². The van der Waals surface area contributed by atoms with E-state index < -0.39 is 12.8 Å². The van der Waals surface area contributed by atoms with Gasteiger partial charge < -0.3 is 14.2 Å². The molecule has 0 unspecified atom stereocenters. The van der Waals surface area contributed by atoms with Crippen molar-refractivity contribution in [1.29, 1.82) is 0 Å². The first-order valence-corrected chi connectivity index (χ1v) is 6.18. The number of methoxy groups -OCH3 is 2. The van der Waals surface area contributed by atoms with E-state index in [9.17, 15) is 18.0 Å². The summed E-state index contributed by atoms with van der Waals surface area (Å²) in [4.78, 5) is 12.0. The van der Waals surface area contributed by atoms with Crippen LogP contribution in [-0.4, -0.2) is 39.4 Å². The van der Waals surface area contributed by atoms with Crippen LogP contribution in [0.2, 0.25) is 0 Å².